The number of rotatable bonds is 5. The molecule has 0 atom stereocenters. The molecule has 0 radical (unpaired) electrons. The van der Waals surface area contributed by atoms with Crippen LogP contribution in [-0.2, 0) is 6.11 Å². The molecule has 0 saturated carbocycles. The Morgan fingerprint density at radius 3 is 1.65 bits per heavy atom. The molecule has 3 aromatic carbocycles. The van der Waals surface area contributed by atoms with Crippen LogP contribution >= 0.6 is 10.2 Å². The van der Waals surface area contributed by atoms with Gasteiger partial charge in [-0.05, 0) is 42.3 Å². The summed E-state index contributed by atoms with van der Waals surface area (Å²) >= 11 is 0. The fourth-order valence-corrected chi connectivity index (χ4v) is 3.44. The zero-order valence-corrected chi connectivity index (χ0v) is 16.3. The third-order valence-corrected chi connectivity index (χ3v) is 5.42. The summed E-state index contributed by atoms with van der Waals surface area (Å²) in [5.74, 6) is -7.29. The highest BCUT2D eigenvalue weighted by Gasteiger charge is 2.67. The van der Waals surface area contributed by atoms with Crippen LogP contribution in [0.15, 0.2) is 65.6 Å². The van der Waals surface area contributed by atoms with Crippen LogP contribution in [-0.4, -0.2) is 0 Å². The standard InChI is InChI=1S/C20H13F9OS/c1-12-2-4-13(5-3-12)14-6-8-15(9-7-14)20(23,24)30-16-10-11-17(19(22)18(16)21)31(25,26,27,28)29/h2-11H,1H3. The van der Waals surface area contributed by atoms with Gasteiger partial charge < -0.3 is 4.74 Å². The van der Waals surface area contributed by atoms with Gasteiger partial charge in [0.1, 0.15) is 4.90 Å². The minimum Gasteiger partial charge on any atom is -0.426 e. The Morgan fingerprint density at radius 2 is 1.16 bits per heavy atom. The van der Waals surface area contributed by atoms with E-state index in [4.69, 9.17) is 0 Å². The Morgan fingerprint density at radius 1 is 0.677 bits per heavy atom. The maximum atomic E-state index is 14.4. The van der Waals surface area contributed by atoms with E-state index in [2.05, 4.69) is 4.74 Å². The van der Waals surface area contributed by atoms with E-state index in [1.165, 1.54) is 12.1 Å². The zero-order chi connectivity index (χ0) is 23.3. The molecule has 31 heavy (non-hydrogen) atoms. The molecule has 0 aliphatic carbocycles. The minimum absolute atomic E-state index is 0.125. The molecule has 0 amide bonds. The molecule has 0 aromatic heterocycles. The molecule has 11 heteroatoms. The van der Waals surface area contributed by atoms with E-state index >= 15 is 0 Å². The topological polar surface area (TPSA) is 9.23 Å². The summed E-state index contributed by atoms with van der Waals surface area (Å²) in [7, 11) is -10.6. The van der Waals surface area contributed by atoms with E-state index in [1.54, 1.807) is 24.3 Å². The molecule has 0 heterocycles. The first-order valence-corrected chi connectivity index (χ1v) is 10.4. The summed E-state index contributed by atoms with van der Waals surface area (Å²) in [6.07, 6.45) is -4.30. The Bertz CT molecular complexity index is 1120. The van der Waals surface area contributed by atoms with Crippen molar-refractivity contribution in [1.82, 2.24) is 0 Å². The van der Waals surface area contributed by atoms with Gasteiger partial charge in [0.15, 0.2) is 11.6 Å². The predicted octanol–water partition coefficient (Wildman–Crippen LogP) is 8.73. The summed E-state index contributed by atoms with van der Waals surface area (Å²) in [5.41, 5.74) is 1.42. The molecule has 0 N–H and O–H groups in total. The number of benzene rings is 3. The Labute approximate surface area is 170 Å². The lowest BCUT2D eigenvalue weighted by Gasteiger charge is -2.40. The second-order valence-corrected chi connectivity index (χ2v) is 9.10. The van der Waals surface area contributed by atoms with Gasteiger partial charge in [-0.25, -0.2) is 4.39 Å². The van der Waals surface area contributed by atoms with Crippen molar-refractivity contribution >= 4 is 10.2 Å². The van der Waals surface area contributed by atoms with Crippen molar-refractivity contribution in [2.45, 2.75) is 17.9 Å². The average molecular weight is 472 g/mol. The highest BCUT2D eigenvalue weighted by molar-refractivity contribution is 8.45. The number of alkyl halides is 2. The fraction of sp³-hybridized carbons (Fsp3) is 0.100. The molecule has 0 spiro atoms. The summed E-state index contributed by atoms with van der Waals surface area (Å²) in [4.78, 5) is -3.16. The second kappa shape index (κ2) is 6.59. The van der Waals surface area contributed by atoms with Crippen LogP contribution in [0.25, 0.3) is 11.1 Å². The van der Waals surface area contributed by atoms with Crippen LogP contribution in [0.1, 0.15) is 11.1 Å². The van der Waals surface area contributed by atoms with Crippen LogP contribution in [0.2, 0.25) is 0 Å². The van der Waals surface area contributed by atoms with Crippen molar-refractivity contribution < 1.29 is 41.7 Å². The van der Waals surface area contributed by atoms with Gasteiger partial charge in [-0.1, -0.05) is 61.4 Å². The maximum Gasteiger partial charge on any atom is 0.426 e. The summed E-state index contributed by atoms with van der Waals surface area (Å²) in [6, 6.07) is 10.9. The van der Waals surface area contributed by atoms with E-state index in [-0.39, 0.29) is 6.07 Å². The van der Waals surface area contributed by atoms with E-state index in [0.717, 1.165) is 17.7 Å². The van der Waals surface area contributed by atoms with Crippen molar-refractivity contribution in [1.29, 1.82) is 0 Å². The van der Waals surface area contributed by atoms with Crippen molar-refractivity contribution in [3.63, 3.8) is 0 Å². The third kappa shape index (κ3) is 4.92. The normalized spacial score (nSPS) is 14.6. The third-order valence-electron chi connectivity index (χ3n) is 4.27. The van der Waals surface area contributed by atoms with E-state index in [1.807, 2.05) is 6.92 Å². The SMILES string of the molecule is Cc1ccc(-c2ccc(C(F)(F)Oc3ccc(S(F)(F)(F)(F)F)c(F)c3F)cc2)cc1. The number of ether oxygens (including phenoxy) is 1. The molecular formula is C20H13F9OS. The van der Waals surface area contributed by atoms with Crippen LogP contribution in [0, 0.1) is 18.6 Å². The molecule has 3 aromatic rings. The lowest BCUT2D eigenvalue weighted by atomic mass is 10.0. The summed E-state index contributed by atoms with van der Waals surface area (Å²) < 4.78 is 124. The Kier molecular flexibility index (Phi) is 4.86. The smallest absolute Gasteiger partial charge is 0.426 e. The van der Waals surface area contributed by atoms with Gasteiger partial charge in [0, 0.05) is 0 Å². The maximum absolute atomic E-state index is 14.4. The molecule has 0 bridgehead atoms. The van der Waals surface area contributed by atoms with Crippen LogP contribution < -0.4 is 4.74 Å². The molecule has 0 unspecified atom stereocenters. The predicted molar refractivity (Wildman–Crippen MR) is 98.9 cm³/mol. The van der Waals surface area contributed by atoms with Gasteiger partial charge in [-0.3, -0.25) is 0 Å². The van der Waals surface area contributed by atoms with E-state index < -0.39 is 50.2 Å². The van der Waals surface area contributed by atoms with E-state index in [9.17, 15) is 37.0 Å². The molecule has 1 nitrogen and oxygen atoms in total. The monoisotopic (exact) mass is 472 g/mol. The highest BCUT2D eigenvalue weighted by atomic mass is 32.5. The van der Waals surface area contributed by atoms with Crippen molar-refractivity contribution in [3.05, 3.63) is 83.4 Å². The molecule has 0 aliphatic heterocycles. The fourth-order valence-electron chi connectivity index (χ4n) is 2.69. The van der Waals surface area contributed by atoms with Crippen molar-refractivity contribution in [3.8, 4) is 16.9 Å². The van der Waals surface area contributed by atoms with Crippen LogP contribution in [0.4, 0.5) is 37.0 Å². The van der Waals surface area contributed by atoms with Gasteiger partial charge in [-0.15, -0.1) is 0 Å². The Hall–Kier alpha value is -2.82. The first kappa shape index (κ1) is 22.9. The number of hydrogen-bond acceptors (Lipinski definition) is 1. The number of aryl methyl sites for hydroxylation is 1. The molecular weight excluding hydrogens is 459 g/mol. The van der Waals surface area contributed by atoms with Gasteiger partial charge in [0.05, 0.1) is 5.56 Å². The molecule has 0 aliphatic rings. The molecule has 0 fully saturated rings. The van der Waals surface area contributed by atoms with Gasteiger partial charge in [-0.2, -0.15) is 13.2 Å². The lowest BCUT2D eigenvalue weighted by molar-refractivity contribution is -0.187. The summed E-state index contributed by atoms with van der Waals surface area (Å²) in [5, 5.41) is 0. The van der Waals surface area contributed by atoms with Crippen LogP contribution in [0.5, 0.6) is 5.75 Å². The first-order valence-electron chi connectivity index (χ1n) is 8.44. The largest absolute Gasteiger partial charge is 0.426 e. The molecule has 3 rings (SSSR count). The molecule has 168 valence electrons. The quantitative estimate of drug-likeness (QED) is 0.338. The number of hydrogen-bond donors (Lipinski definition) is 0. The van der Waals surface area contributed by atoms with Gasteiger partial charge >= 0.3 is 16.3 Å². The minimum atomic E-state index is -10.6. The van der Waals surface area contributed by atoms with Crippen molar-refractivity contribution in [2.75, 3.05) is 0 Å². The number of halogens is 9. The van der Waals surface area contributed by atoms with Gasteiger partial charge in [0.25, 0.3) is 0 Å². The highest BCUT2D eigenvalue weighted by Crippen LogP contribution is 3.02. The second-order valence-electron chi connectivity index (χ2n) is 6.72. The lowest BCUT2D eigenvalue weighted by Crippen LogP contribution is -2.23. The van der Waals surface area contributed by atoms with Gasteiger partial charge in [0.2, 0.25) is 5.82 Å². The van der Waals surface area contributed by atoms with E-state index in [0.29, 0.717) is 11.1 Å². The van der Waals surface area contributed by atoms with Crippen LogP contribution in [0.3, 0.4) is 0 Å². The first-order chi connectivity index (χ1) is 14.0. The molecule has 0 saturated heterocycles. The zero-order valence-electron chi connectivity index (χ0n) is 15.5. The Balaban J connectivity index is 1.90. The summed E-state index contributed by atoms with van der Waals surface area (Å²) in [6.45, 7) is 1.86. The average Bonchev–Trinajstić information content (AvgIpc) is 2.64. The van der Waals surface area contributed by atoms with Crippen molar-refractivity contribution in [2.24, 2.45) is 0 Å².